The Kier molecular flexibility index (Phi) is 9.52. The van der Waals surface area contributed by atoms with Gasteiger partial charge in [0.15, 0.2) is 6.23 Å². The molecule has 1 saturated heterocycles. The average molecular weight is 570 g/mol. The van der Waals surface area contributed by atoms with Crippen molar-refractivity contribution in [2.24, 2.45) is 0 Å². The van der Waals surface area contributed by atoms with E-state index in [-0.39, 0.29) is 5.56 Å². The molecule has 6 atom stereocenters. The van der Waals surface area contributed by atoms with Crippen LogP contribution >= 0.6 is 23.5 Å². The molecule has 1 aromatic heterocycles. The maximum absolute atomic E-state index is 12.3. The summed E-state index contributed by atoms with van der Waals surface area (Å²) >= 11 is 0. The minimum atomic E-state index is -5.77. The summed E-state index contributed by atoms with van der Waals surface area (Å²) in [6.45, 7) is -1.03. The standard InChI is InChI=1S/C13H21N2O17P3/c1-27-8(16)3-6-4-15(13(19)14-11(6)18)12-10(28-2)9(17)7(30-12)5-29-34(23,24)32-35(25,26)31-33(20,21)22/h4,7,9-10,12,17H,3,5H2,1-2H3,(H,23,24)(H,25,26)(H,14,18,19)(H2,20,21,22)/t7-,9?,10?,12-/m1/s1. The summed E-state index contributed by atoms with van der Waals surface area (Å²) in [5.74, 6) is -0.801. The molecule has 0 spiro atoms. The van der Waals surface area contributed by atoms with Crippen LogP contribution in [0, 0.1) is 0 Å². The number of aromatic nitrogens is 2. The number of hydrogen-bond acceptors (Lipinski definition) is 13. The number of nitrogens with one attached hydrogen (secondary N) is 1. The number of aliphatic hydroxyl groups is 1. The van der Waals surface area contributed by atoms with Gasteiger partial charge in [0, 0.05) is 18.9 Å². The van der Waals surface area contributed by atoms with Crippen LogP contribution in [0.1, 0.15) is 11.8 Å². The van der Waals surface area contributed by atoms with E-state index in [1.54, 1.807) is 0 Å². The van der Waals surface area contributed by atoms with E-state index >= 15 is 0 Å². The Morgan fingerprint density at radius 3 is 2.29 bits per heavy atom. The van der Waals surface area contributed by atoms with Gasteiger partial charge in [-0.2, -0.15) is 8.62 Å². The van der Waals surface area contributed by atoms with E-state index in [1.807, 2.05) is 4.98 Å². The van der Waals surface area contributed by atoms with Crippen LogP contribution in [0.25, 0.3) is 0 Å². The summed E-state index contributed by atoms with van der Waals surface area (Å²) < 4.78 is 61.2. The number of H-pyrrole nitrogens is 1. The summed E-state index contributed by atoms with van der Waals surface area (Å²) in [5.41, 5.74) is -2.13. The van der Waals surface area contributed by atoms with Crippen molar-refractivity contribution in [1.29, 1.82) is 0 Å². The summed E-state index contributed by atoms with van der Waals surface area (Å²) in [6, 6.07) is 0. The summed E-state index contributed by atoms with van der Waals surface area (Å²) in [5, 5.41) is 10.4. The minimum absolute atomic E-state index is 0.207. The molecule has 35 heavy (non-hydrogen) atoms. The Bertz CT molecular complexity index is 1190. The number of carbonyl (C=O) groups is 1. The zero-order valence-corrected chi connectivity index (χ0v) is 20.4. The van der Waals surface area contributed by atoms with E-state index < -0.39 is 78.3 Å². The number of methoxy groups -OCH3 is 2. The Morgan fingerprint density at radius 1 is 1.11 bits per heavy atom. The molecule has 19 nitrogen and oxygen atoms in total. The van der Waals surface area contributed by atoms with Crippen LogP contribution < -0.4 is 11.2 Å². The van der Waals surface area contributed by atoms with Gasteiger partial charge in [-0.25, -0.2) is 18.5 Å². The first-order chi connectivity index (χ1) is 16.0. The predicted octanol–water partition coefficient (Wildman–Crippen LogP) is -2.13. The molecule has 1 fully saturated rings. The molecule has 1 aliphatic heterocycles. The van der Waals surface area contributed by atoms with Gasteiger partial charge < -0.3 is 38.9 Å². The van der Waals surface area contributed by atoms with Crippen molar-refractivity contribution >= 4 is 29.4 Å². The van der Waals surface area contributed by atoms with E-state index in [0.29, 0.717) is 0 Å². The van der Waals surface area contributed by atoms with Gasteiger partial charge in [0.25, 0.3) is 5.56 Å². The van der Waals surface area contributed by atoms with Crippen molar-refractivity contribution in [2.75, 3.05) is 20.8 Å². The van der Waals surface area contributed by atoms with Gasteiger partial charge in [0.1, 0.15) is 18.3 Å². The molecule has 200 valence electrons. The van der Waals surface area contributed by atoms with Gasteiger partial charge in [-0.05, 0) is 0 Å². The average Bonchev–Trinajstić information content (AvgIpc) is 3.00. The van der Waals surface area contributed by atoms with Crippen molar-refractivity contribution in [2.45, 2.75) is 31.0 Å². The van der Waals surface area contributed by atoms with Crippen molar-refractivity contribution in [3.63, 3.8) is 0 Å². The number of carbonyl (C=O) groups excluding carboxylic acids is 1. The Labute approximate surface area is 194 Å². The normalized spacial score (nSPS) is 26.1. The van der Waals surface area contributed by atoms with Crippen molar-refractivity contribution in [3.8, 4) is 0 Å². The highest BCUT2D eigenvalue weighted by molar-refractivity contribution is 7.66. The summed E-state index contributed by atoms with van der Waals surface area (Å²) in [7, 11) is -14.7. The molecule has 22 heteroatoms. The molecular formula is C13H21N2O17P3. The maximum atomic E-state index is 12.3. The second kappa shape index (κ2) is 11.2. The van der Waals surface area contributed by atoms with Gasteiger partial charge in [-0.15, -0.1) is 0 Å². The lowest BCUT2D eigenvalue weighted by Gasteiger charge is -2.20. The van der Waals surface area contributed by atoms with Gasteiger partial charge in [-0.1, -0.05) is 0 Å². The van der Waals surface area contributed by atoms with E-state index in [2.05, 4.69) is 17.9 Å². The lowest BCUT2D eigenvalue weighted by molar-refractivity contribution is -0.139. The predicted molar refractivity (Wildman–Crippen MR) is 108 cm³/mol. The molecule has 6 N–H and O–H groups in total. The quantitative estimate of drug-likeness (QED) is 0.122. The number of hydrogen-bond donors (Lipinski definition) is 6. The molecule has 2 rings (SSSR count). The van der Waals surface area contributed by atoms with Crippen molar-refractivity contribution < 1.29 is 70.5 Å². The summed E-state index contributed by atoms with van der Waals surface area (Å²) in [4.78, 5) is 73.5. The number of aromatic amines is 1. The van der Waals surface area contributed by atoms with Crippen LogP contribution in [0.5, 0.6) is 0 Å². The minimum Gasteiger partial charge on any atom is -0.469 e. The number of ether oxygens (including phenoxy) is 3. The van der Waals surface area contributed by atoms with Crippen molar-refractivity contribution in [3.05, 3.63) is 32.6 Å². The zero-order valence-electron chi connectivity index (χ0n) is 17.7. The fraction of sp³-hybridized carbons (Fsp3) is 0.615. The third kappa shape index (κ3) is 8.23. The van der Waals surface area contributed by atoms with Crippen molar-refractivity contribution in [1.82, 2.24) is 9.55 Å². The highest BCUT2D eigenvalue weighted by Crippen LogP contribution is 2.66. The molecule has 4 unspecified atom stereocenters. The first-order valence-electron chi connectivity index (χ1n) is 9.04. The van der Waals surface area contributed by atoms with Crippen LogP contribution in [0.15, 0.2) is 15.8 Å². The van der Waals surface area contributed by atoms with Gasteiger partial charge in [0.05, 0.1) is 20.1 Å². The third-order valence-corrected chi connectivity index (χ3v) is 8.08. The topological polar surface area (TPSA) is 280 Å². The van der Waals surface area contributed by atoms with Crippen LogP contribution in [0.3, 0.4) is 0 Å². The van der Waals surface area contributed by atoms with Gasteiger partial charge in [0.2, 0.25) is 0 Å². The number of esters is 1. The Morgan fingerprint density at radius 2 is 1.74 bits per heavy atom. The number of rotatable bonds is 11. The third-order valence-electron chi connectivity index (χ3n) is 4.28. The summed E-state index contributed by atoms with van der Waals surface area (Å²) in [6.07, 6.45) is -5.57. The highest BCUT2D eigenvalue weighted by atomic mass is 31.3. The second-order valence-electron chi connectivity index (χ2n) is 6.72. The van der Waals surface area contributed by atoms with E-state index in [9.17, 15) is 38.1 Å². The van der Waals surface area contributed by atoms with Gasteiger partial charge in [-0.3, -0.25) is 23.7 Å². The molecular weight excluding hydrogens is 549 g/mol. The molecule has 2 heterocycles. The lowest BCUT2D eigenvalue weighted by Crippen LogP contribution is -2.40. The number of phosphoric ester groups is 1. The molecule has 0 saturated carbocycles. The van der Waals surface area contributed by atoms with E-state index in [4.69, 9.17) is 24.2 Å². The second-order valence-corrected chi connectivity index (χ2v) is 11.1. The van der Waals surface area contributed by atoms with Crippen LogP contribution in [-0.4, -0.2) is 79.3 Å². The molecule has 1 aliphatic rings. The zero-order chi connectivity index (χ0) is 26.8. The largest absolute Gasteiger partial charge is 0.490 e. The fourth-order valence-corrected chi connectivity index (χ4v) is 5.91. The van der Waals surface area contributed by atoms with Crippen LogP contribution in [0.2, 0.25) is 0 Å². The number of nitrogens with zero attached hydrogens (tertiary/aromatic N) is 1. The van der Waals surface area contributed by atoms with E-state index in [1.165, 1.54) is 0 Å². The van der Waals surface area contributed by atoms with Gasteiger partial charge >= 0.3 is 35.1 Å². The first-order valence-corrected chi connectivity index (χ1v) is 13.6. The Balaban J connectivity index is 2.21. The molecule has 0 aliphatic carbocycles. The van der Waals surface area contributed by atoms with Crippen LogP contribution in [-0.2, 0) is 52.3 Å². The molecule has 0 amide bonds. The van der Waals surface area contributed by atoms with E-state index in [0.717, 1.165) is 25.0 Å². The highest BCUT2D eigenvalue weighted by Gasteiger charge is 2.47. The SMILES string of the molecule is COC(=O)Cc1cn([C@@H]2O[C@H](COP(=O)(O)OP(=O)(O)OP(=O)(O)O)C(O)C2OC)c(=O)[nH]c1=O. The first kappa shape index (κ1) is 29.7. The smallest absolute Gasteiger partial charge is 0.469 e. The molecule has 0 aromatic carbocycles. The number of phosphoric acid groups is 3. The van der Waals surface area contributed by atoms with Crippen LogP contribution in [0.4, 0.5) is 0 Å². The fourth-order valence-electron chi connectivity index (χ4n) is 2.88. The Hall–Kier alpha value is -1.56. The maximum Gasteiger partial charge on any atom is 0.490 e. The number of aliphatic hydroxyl groups excluding tert-OH is 1. The monoisotopic (exact) mass is 570 g/mol. The molecule has 1 aromatic rings. The molecule has 0 radical (unpaired) electrons. The lowest BCUT2D eigenvalue weighted by atomic mass is 10.1. The molecule has 0 bridgehead atoms.